The Balaban J connectivity index is 2.32. The number of hydrogen-bond acceptors (Lipinski definition) is 3. The van der Waals surface area contributed by atoms with Gasteiger partial charge in [-0.1, -0.05) is 23.2 Å². The summed E-state index contributed by atoms with van der Waals surface area (Å²) in [6.07, 6.45) is 0. The molecule has 0 bridgehead atoms. The number of ether oxygens (including phenoxy) is 1. The van der Waals surface area contributed by atoms with E-state index in [-0.39, 0.29) is 5.69 Å². The Labute approximate surface area is 114 Å². The number of nitrogens with zero attached hydrogens (tertiary/aromatic N) is 1. The number of aromatic nitrogens is 2. The van der Waals surface area contributed by atoms with Crippen LogP contribution in [0.4, 0.5) is 0 Å². The number of rotatable bonds is 3. The summed E-state index contributed by atoms with van der Waals surface area (Å²) >= 11 is 11.9. The maximum absolute atomic E-state index is 11.5. The minimum atomic E-state index is -0.443. The fraction of sp³-hybridized carbons (Fsp3) is 0.167. The Bertz CT molecular complexity index is 581. The van der Waals surface area contributed by atoms with Crippen LogP contribution in [-0.4, -0.2) is 22.8 Å². The SMILES string of the molecule is CCOC(=O)c1cc(-c2ccc(Cl)cc2Cl)n[nH]1. The molecule has 4 nitrogen and oxygen atoms in total. The van der Waals surface area contributed by atoms with E-state index in [0.29, 0.717) is 27.9 Å². The molecule has 1 aromatic heterocycles. The molecule has 0 saturated heterocycles. The summed E-state index contributed by atoms with van der Waals surface area (Å²) in [7, 11) is 0. The second-order valence-corrected chi connectivity index (χ2v) is 4.36. The first kappa shape index (κ1) is 12.9. The molecule has 94 valence electrons. The second-order valence-electron chi connectivity index (χ2n) is 3.51. The maximum atomic E-state index is 11.5. The Morgan fingerprint density at radius 3 is 2.83 bits per heavy atom. The van der Waals surface area contributed by atoms with E-state index in [1.165, 1.54) is 0 Å². The highest BCUT2D eigenvalue weighted by atomic mass is 35.5. The predicted molar refractivity (Wildman–Crippen MR) is 70.0 cm³/mol. The van der Waals surface area contributed by atoms with Crippen molar-refractivity contribution in [2.75, 3.05) is 6.61 Å². The monoisotopic (exact) mass is 284 g/mol. The third-order valence-electron chi connectivity index (χ3n) is 2.28. The molecule has 18 heavy (non-hydrogen) atoms. The van der Waals surface area contributed by atoms with Gasteiger partial charge in [0.15, 0.2) is 0 Å². The fourth-order valence-corrected chi connectivity index (χ4v) is 1.98. The van der Waals surface area contributed by atoms with Crippen LogP contribution >= 0.6 is 23.2 Å². The van der Waals surface area contributed by atoms with Crippen LogP contribution in [0.3, 0.4) is 0 Å². The molecule has 0 aliphatic heterocycles. The summed E-state index contributed by atoms with van der Waals surface area (Å²) in [5, 5.41) is 7.66. The second kappa shape index (κ2) is 5.42. The van der Waals surface area contributed by atoms with Gasteiger partial charge in [0, 0.05) is 10.6 Å². The predicted octanol–water partition coefficient (Wildman–Crippen LogP) is 3.56. The highest BCUT2D eigenvalue weighted by molar-refractivity contribution is 6.36. The molecule has 2 rings (SSSR count). The summed E-state index contributed by atoms with van der Waals surface area (Å²) < 4.78 is 4.86. The van der Waals surface area contributed by atoms with Crippen LogP contribution in [-0.2, 0) is 4.74 Å². The van der Waals surface area contributed by atoms with Crippen LogP contribution in [0.15, 0.2) is 24.3 Å². The normalized spacial score (nSPS) is 10.4. The zero-order chi connectivity index (χ0) is 13.1. The number of esters is 1. The van der Waals surface area contributed by atoms with Gasteiger partial charge in [-0.3, -0.25) is 5.10 Å². The molecular weight excluding hydrogens is 275 g/mol. The van der Waals surface area contributed by atoms with Gasteiger partial charge >= 0.3 is 5.97 Å². The number of carbonyl (C=O) groups excluding carboxylic acids is 1. The highest BCUT2D eigenvalue weighted by Crippen LogP contribution is 2.29. The molecule has 6 heteroatoms. The Kier molecular flexibility index (Phi) is 3.89. The average Bonchev–Trinajstić information content (AvgIpc) is 2.78. The Morgan fingerprint density at radius 1 is 1.39 bits per heavy atom. The minimum Gasteiger partial charge on any atom is -0.461 e. The third kappa shape index (κ3) is 2.66. The van der Waals surface area contributed by atoms with Crippen LogP contribution < -0.4 is 0 Å². The summed E-state index contributed by atoms with van der Waals surface area (Å²) in [5.74, 6) is -0.443. The lowest BCUT2D eigenvalue weighted by Gasteiger charge is -2.00. The number of benzene rings is 1. The minimum absolute atomic E-state index is 0.290. The van der Waals surface area contributed by atoms with Gasteiger partial charge in [0.1, 0.15) is 5.69 Å². The van der Waals surface area contributed by atoms with Crippen LogP contribution in [0.1, 0.15) is 17.4 Å². The van der Waals surface area contributed by atoms with Crippen molar-refractivity contribution in [2.45, 2.75) is 6.92 Å². The van der Waals surface area contributed by atoms with E-state index in [1.807, 2.05) is 0 Å². The molecule has 0 unspecified atom stereocenters. The van der Waals surface area contributed by atoms with E-state index >= 15 is 0 Å². The Hall–Kier alpha value is -1.52. The molecule has 0 saturated carbocycles. The van der Waals surface area contributed by atoms with Gasteiger partial charge in [0.25, 0.3) is 0 Å². The summed E-state index contributed by atoms with van der Waals surface area (Å²) in [5.41, 5.74) is 1.56. The van der Waals surface area contributed by atoms with Gasteiger partial charge in [-0.05, 0) is 31.2 Å². The van der Waals surface area contributed by atoms with Crippen LogP contribution in [0.5, 0.6) is 0 Å². The molecule has 0 aliphatic carbocycles. The van der Waals surface area contributed by atoms with E-state index in [4.69, 9.17) is 27.9 Å². The standard InChI is InChI=1S/C12H10Cl2N2O2/c1-2-18-12(17)11-6-10(15-16-11)8-4-3-7(13)5-9(8)14/h3-6H,2H2,1H3,(H,15,16). The third-order valence-corrected chi connectivity index (χ3v) is 2.83. The van der Waals surface area contributed by atoms with Crippen molar-refractivity contribution < 1.29 is 9.53 Å². The fourth-order valence-electron chi connectivity index (χ4n) is 1.47. The summed E-state index contributed by atoms with van der Waals surface area (Å²) in [4.78, 5) is 11.5. The van der Waals surface area contributed by atoms with Gasteiger partial charge in [0.05, 0.1) is 17.3 Å². The van der Waals surface area contributed by atoms with Crippen LogP contribution in [0.25, 0.3) is 11.3 Å². The van der Waals surface area contributed by atoms with Crippen molar-refractivity contribution in [1.82, 2.24) is 10.2 Å². The van der Waals surface area contributed by atoms with Crippen molar-refractivity contribution in [3.8, 4) is 11.3 Å². The maximum Gasteiger partial charge on any atom is 0.356 e. The van der Waals surface area contributed by atoms with Crippen molar-refractivity contribution >= 4 is 29.2 Å². The molecule has 2 aromatic rings. The molecule has 0 aliphatic rings. The van der Waals surface area contributed by atoms with E-state index in [1.54, 1.807) is 31.2 Å². The topological polar surface area (TPSA) is 55.0 Å². The lowest BCUT2D eigenvalue weighted by atomic mass is 10.1. The number of hydrogen-bond donors (Lipinski definition) is 1. The molecule has 1 heterocycles. The molecule has 1 N–H and O–H groups in total. The molecule has 1 aromatic carbocycles. The van der Waals surface area contributed by atoms with E-state index in [9.17, 15) is 4.79 Å². The van der Waals surface area contributed by atoms with Crippen molar-refractivity contribution in [3.63, 3.8) is 0 Å². The molecule has 0 fully saturated rings. The summed E-state index contributed by atoms with van der Waals surface area (Å²) in [6.45, 7) is 2.06. The first-order chi connectivity index (χ1) is 8.61. The lowest BCUT2D eigenvalue weighted by Crippen LogP contribution is -2.04. The molecule has 0 radical (unpaired) electrons. The molecule has 0 spiro atoms. The molecule has 0 atom stereocenters. The van der Waals surface area contributed by atoms with Gasteiger partial charge in [-0.15, -0.1) is 0 Å². The zero-order valence-electron chi connectivity index (χ0n) is 9.54. The van der Waals surface area contributed by atoms with Gasteiger partial charge in [-0.25, -0.2) is 4.79 Å². The van der Waals surface area contributed by atoms with Crippen molar-refractivity contribution in [1.29, 1.82) is 0 Å². The van der Waals surface area contributed by atoms with Crippen LogP contribution in [0.2, 0.25) is 10.0 Å². The molecular formula is C12H10Cl2N2O2. The number of halogens is 2. The zero-order valence-corrected chi connectivity index (χ0v) is 11.0. The molecule has 0 amide bonds. The van der Waals surface area contributed by atoms with Crippen LogP contribution in [0, 0.1) is 0 Å². The van der Waals surface area contributed by atoms with Gasteiger partial charge < -0.3 is 4.74 Å². The first-order valence-electron chi connectivity index (χ1n) is 5.29. The van der Waals surface area contributed by atoms with E-state index < -0.39 is 5.97 Å². The number of aromatic amines is 1. The summed E-state index contributed by atoms with van der Waals surface area (Å²) in [6, 6.07) is 6.67. The Morgan fingerprint density at radius 2 is 2.17 bits per heavy atom. The highest BCUT2D eigenvalue weighted by Gasteiger charge is 2.13. The number of H-pyrrole nitrogens is 1. The van der Waals surface area contributed by atoms with Crippen molar-refractivity contribution in [3.05, 3.63) is 40.0 Å². The lowest BCUT2D eigenvalue weighted by molar-refractivity contribution is 0.0519. The first-order valence-corrected chi connectivity index (χ1v) is 6.05. The smallest absolute Gasteiger partial charge is 0.356 e. The number of carbonyl (C=O) groups is 1. The largest absolute Gasteiger partial charge is 0.461 e. The average molecular weight is 285 g/mol. The number of nitrogens with one attached hydrogen (secondary N) is 1. The van der Waals surface area contributed by atoms with Gasteiger partial charge in [-0.2, -0.15) is 5.10 Å². The van der Waals surface area contributed by atoms with E-state index in [2.05, 4.69) is 10.2 Å². The van der Waals surface area contributed by atoms with Crippen molar-refractivity contribution in [2.24, 2.45) is 0 Å². The van der Waals surface area contributed by atoms with E-state index in [0.717, 1.165) is 0 Å². The van der Waals surface area contributed by atoms with Gasteiger partial charge in [0.2, 0.25) is 0 Å². The quantitative estimate of drug-likeness (QED) is 0.877.